The second-order valence-corrected chi connectivity index (χ2v) is 6.16. The molecule has 5 heteroatoms. The van der Waals surface area contributed by atoms with Gasteiger partial charge >= 0.3 is 0 Å². The lowest BCUT2D eigenvalue weighted by Crippen LogP contribution is -2.57. The van der Waals surface area contributed by atoms with Gasteiger partial charge in [0.25, 0.3) is 5.91 Å². The quantitative estimate of drug-likeness (QED) is 0.680. The fourth-order valence-electron chi connectivity index (χ4n) is 3.42. The van der Waals surface area contributed by atoms with E-state index < -0.39 is 0 Å². The van der Waals surface area contributed by atoms with Crippen molar-refractivity contribution < 1.29 is 9.53 Å². The van der Waals surface area contributed by atoms with E-state index in [-0.39, 0.29) is 17.5 Å². The fraction of sp³-hybridized carbons (Fsp3) is 0.444. The summed E-state index contributed by atoms with van der Waals surface area (Å²) in [7, 11) is 1.59. The maximum absolute atomic E-state index is 12.4. The molecule has 0 aromatic heterocycles. The minimum absolute atomic E-state index is 0.134. The molecule has 1 N–H and O–H groups in total. The summed E-state index contributed by atoms with van der Waals surface area (Å²) in [4.78, 5) is 14.8. The lowest BCUT2D eigenvalue weighted by molar-refractivity contribution is -0.119. The number of nitriles is 1. The van der Waals surface area contributed by atoms with Gasteiger partial charge < -0.3 is 15.0 Å². The Balaban J connectivity index is 1.71. The van der Waals surface area contributed by atoms with E-state index in [9.17, 15) is 10.1 Å². The maximum atomic E-state index is 12.4. The Bertz CT molecular complexity index is 654. The molecule has 1 amide bonds. The predicted octanol–water partition coefficient (Wildman–Crippen LogP) is 1.81. The molecule has 2 bridgehead atoms. The van der Waals surface area contributed by atoms with Crippen LogP contribution in [0.3, 0.4) is 0 Å². The number of nitrogens with one attached hydrogen (secondary N) is 1. The van der Waals surface area contributed by atoms with Crippen molar-refractivity contribution in [3.63, 3.8) is 0 Å². The standard InChI is InChI=1S/C18H21N3O2/c1-23-16-4-2-3-13(10-16)9-15(11-19)18(22)20-17-12-21-7-5-14(17)6-8-21/h2-4,9-10,14,17H,5-8,12H2,1H3,(H,20,22). The SMILES string of the molecule is COc1cccc(C=C(C#N)C(=O)NC2CN3CCC2CC3)c1. The normalized spacial score (nSPS) is 26.4. The smallest absolute Gasteiger partial charge is 0.262 e. The third-order valence-electron chi connectivity index (χ3n) is 4.74. The summed E-state index contributed by atoms with van der Waals surface area (Å²) >= 11 is 0. The molecule has 3 fully saturated rings. The number of fused-ring (bicyclic) bond motifs is 3. The molecular weight excluding hydrogens is 290 g/mol. The number of hydrogen-bond donors (Lipinski definition) is 1. The number of carbonyl (C=O) groups excluding carboxylic acids is 1. The number of rotatable bonds is 4. The summed E-state index contributed by atoms with van der Waals surface area (Å²) in [5.74, 6) is 0.962. The summed E-state index contributed by atoms with van der Waals surface area (Å²) in [6, 6.07) is 9.50. The number of nitrogens with zero attached hydrogens (tertiary/aromatic N) is 2. The molecule has 1 aromatic carbocycles. The minimum atomic E-state index is -0.283. The summed E-state index contributed by atoms with van der Waals surface area (Å²) in [6.45, 7) is 3.15. The number of methoxy groups -OCH3 is 1. The third-order valence-corrected chi connectivity index (χ3v) is 4.74. The van der Waals surface area contributed by atoms with Crippen LogP contribution in [-0.2, 0) is 4.79 Å². The van der Waals surface area contributed by atoms with Gasteiger partial charge in [0.15, 0.2) is 0 Å². The monoisotopic (exact) mass is 311 g/mol. The molecule has 1 aromatic rings. The number of carbonyl (C=O) groups is 1. The van der Waals surface area contributed by atoms with Crippen LogP contribution in [0.4, 0.5) is 0 Å². The van der Waals surface area contributed by atoms with Gasteiger partial charge in [0.2, 0.25) is 0 Å². The van der Waals surface area contributed by atoms with Crippen LogP contribution < -0.4 is 10.1 Å². The van der Waals surface area contributed by atoms with Crippen LogP contribution >= 0.6 is 0 Å². The zero-order chi connectivity index (χ0) is 16.2. The molecule has 3 aliphatic rings. The predicted molar refractivity (Wildman–Crippen MR) is 87.7 cm³/mol. The molecule has 1 atom stereocenters. The Hall–Kier alpha value is -2.32. The van der Waals surface area contributed by atoms with Gasteiger partial charge in [0, 0.05) is 12.6 Å². The van der Waals surface area contributed by atoms with E-state index in [1.807, 2.05) is 24.3 Å². The largest absolute Gasteiger partial charge is 0.497 e. The van der Waals surface area contributed by atoms with Crippen LogP contribution in [0.15, 0.2) is 29.8 Å². The molecular formula is C18H21N3O2. The van der Waals surface area contributed by atoms with E-state index >= 15 is 0 Å². The molecule has 4 rings (SSSR count). The van der Waals surface area contributed by atoms with Crippen LogP contribution in [0.25, 0.3) is 6.08 Å². The minimum Gasteiger partial charge on any atom is -0.497 e. The molecule has 23 heavy (non-hydrogen) atoms. The van der Waals surface area contributed by atoms with Gasteiger partial charge in [-0.2, -0.15) is 5.26 Å². The zero-order valence-electron chi connectivity index (χ0n) is 13.3. The lowest BCUT2D eigenvalue weighted by atomic mass is 9.84. The van der Waals surface area contributed by atoms with Crippen LogP contribution in [0.5, 0.6) is 5.75 Å². The van der Waals surface area contributed by atoms with Crippen molar-refractivity contribution >= 4 is 12.0 Å². The molecule has 5 nitrogen and oxygen atoms in total. The molecule has 0 saturated carbocycles. The van der Waals surface area contributed by atoms with Crippen molar-refractivity contribution in [3.05, 3.63) is 35.4 Å². The average Bonchev–Trinajstić information content (AvgIpc) is 2.60. The Morgan fingerprint density at radius 1 is 1.43 bits per heavy atom. The van der Waals surface area contributed by atoms with Gasteiger partial charge in [-0.25, -0.2) is 0 Å². The first-order chi connectivity index (χ1) is 11.2. The number of amides is 1. The number of ether oxygens (including phenoxy) is 1. The van der Waals surface area contributed by atoms with Crippen molar-refractivity contribution in [1.82, 2.24) is 10.2 Å². The molecule has 3 saturated heterocycles. The van der Waals surface area contributed by atoms with Gasteiger partial charge in [0.1, 0.15) is 17.4 Å². The van der Waals surface area contributed by atoms with Crippen LogP contribution in [0.1, 0.15) is 18.4 Å². The van der Waals surface area contributed by atoms with Crippen molar-refractivity contribution in [3.8, 4) is 11.8 Å². The highest BCUT2D eigenvalue weighted by atomic mass is 16.5. The summed E-state index contributed by atoms with van der Waals surface area (Å²) in [6.07, 6.45) is 3.87. The van der Waals surface area contributed by atoms with Crippen LogP contribution in [0.2, 0.25) is 0 Å². The van der Waals surface area contributed by atoms with E-state index in [0.29, 0.717) is 11.7 Å². The van der Waals surface area contributed by atoms with E-state index in [2.05, 4.69) is 10.2 Å². The first-order valence-electron chi connectivity index (χ1n) is 7.98. The topological polar surface area (TPSA) is 65.4 Å². The molecule has 0 radical (unpaired) electrons. The van der Waals surface area contributed by atoms with Gasteiger partial charge in [-0.15, -0.1) is 0 Å². The maximum Gasteiger partial charge on any atom is 0.262 e. The Morgan fingerprint density at radius 3 is 2.83 bits per heavy atom. The summed E-state index contributed by atoms with van der Waals surface area (Å²) in [5, 5.41) is 12.4. The number of piperidine rings is 3. The highest BCUT2D eigenvalue weighted by molar-refractivity contribution is 6.01. The molecule has 3 heterocycles. The van der Waals surface area contributed by atoms with E-state index in [0.717, 1.165) is 38.0 Å². The third kappa shape index (κ3) is 3.54. The van der Waals surface area contributed by atoms with Gasteiger partial charge in [-0.3, -0.25) is 4.79 Å². The first-order valence-corrected chi connectivity index (χ1v) is 7.98. The van der Waals surface area contributed by atoms with Crippen molar-refractivity contribution in [2.24, 2.45) is 5.92 Å². The molecule has 0 aliphatic carbocycles. The summed E-state index contributed by atoms with van der Waals surface area (Å²) < 4.78 is 5.17. The second-order valence-electron chi connectivity index (χ2n) is 6.16. The molecule has 0 spiro atoms. The highest BCUT2D eigenvalue weighted by Gasteiger charge is 2.35. The zero-order valence-corrected chi connectivity index (χ0v) is 13.3. The van der Waals surface area contributed by atoms with Crippen LogP contribution in [-0.4, -0.2) is 43.6 Å². The Kier molecular flexibility index (Phi) is 4.63. The van der Waals surface area contributed by atoms with Gasteiger partial charge in [-0.05, 0) is 55.6 Å². The highest BCUT2D eigenvalue weighted by Crippen LogP contribution is 2.27. The van der Waals surface area contributed by atoms with E-state index in [1.165, 1.54) is 0 Å². The van der Waals surface area contributed by atoms with Crippen molar-refractivity contribution in [1.29, 1.82) is 5.26 Å². The first kappa shape index (κ1) is 15.6. The van der Waals surface area contributed by atoms with E-state index in [1.54, 1.807) is 19.3 Å². The number of hydrogen-bond acceptors (Lipinski definition) is 4. The van der Waals surface area contributed by atoms with E-state index in [4.69, 9.17) is 4.74 Å². The fourth-order valence-corrected chi connectivity index (χ4v) is 3.42. The molecule has 120 valence electrons. The number of benzene rings is 1. The molecule has 3 aliphatic heterocycles. The molecule has 1 unspecified atom stereocenters. The lowest BCUT2D eigenvalue weighted by Gasteiger charge is -2.44. The average molecular weight is 311 g/mol. The Labute approximate surface area is 136 Å². The van der Waals surface area contributed by atoms with Crippen molar-refractivity contribution in [2.45, 2.75) is 18.9 Å². The van der Waals surface area contributed by atoms with Crippen molar-refractivity contribution in [2.75, 3.05) is 26.7 Å². The Morgan fingerprint density at radius 2 is 2.22 bits per heavy atom. The second kappa shape index (κ2) is 6.84. The van der Waals surface area contributed by atoms with Gasteiger partial charge in [-0.1, -0.05) is 12.1 Å². The summed E-state index contributed by atoms with van der Waals surface area (Å²) in [5.41, 5.74) is 0.916. The van der Waals surface area contributed by atoms with Gasteiger partial charge in [0.05, 0.1) is 7.11 Å². The van der Waals surface area contributed by atoms with Crippen LogP contribution in [0, 0.1) is 17.2 Å².